The van der Waals surface area contributed by atoms with Crippen LogP contribution in [0.5, 0.6) is 5.75 Å². The standard InChI is InChI=1S/C19H25NO/c1-13(2)16-6-8-17(9-7-16)18(20)12-21-19-10-5-14(3)11-15(19)4/h5-11,13,18H,12,20H2,1-4H3. The van der Waals surface area contributed by atoms with Gasteiger partial charge in [-0.1, -0.05) is 55.8 Å². The smallest absolute Gasteiger partial charge is 0.122 e. The summed E-state index contributed by atoms with van der Waals surface area (Å²) in [5.41, 5.74) is 11.1. The molecule has 0 heterocycles. The van der Waals surface area contributed by atoms with Crippen LogP contribution in [0, 0.1) is 13.8 Å². The molecular formula is C19H25NO. The molecule has 0 aliphatic rings. The Morgan fingerprint density at radius 3 is 2.14 bits per heavy atom. The van der Waals surface area contributed by atoms with Gasteiger partial charge in [0.15, 0.2) is 0 Å². The summed E-state index contributed by atoms with van der Waals surface area (Å²) in [4.78, 5) is 0. The van der Waals surface area contributed by atoms with Crippen molar-refractivity contribution in [2.75, 3.05) is 6.61 Å². The van der Waals surface area contributed by atoms with E-state index < -0.39 is 0 Å². The number of hydrogen-bond acceptors (Lipinski definition) is 2. The molecule has 0 aliphatic carbocycles. The van der Waals surface area contributed by atoms with Gasteiger partial charge in [0.05, 0.1) is 6.04 Å². The van der Waals surface area contributed by atoms with Crippen molar-refractivity contribution in [1.82, 2.24) is 0 Å². The number of rotatable bonds is 5. The van der Waals surface area contributed by atoms with E-state index in [-0.39, 0.29) is 6.04 Å². The summed E-state index contributed by atoms with van der Waals surface area (Å²) < 4.78 is 5.86. The molecule has 0 radical (unpaired) electrons. The van der Waals surface area contributed by atoms with Crippen molar-refractivity contribution in [3.05, 3.63) is 64.7 Å². The molecule has 0 spiro atoms. The fourth-order valence-corrected chi connectivity index (χ4v) is 2.37. The Bertz CT molecular complexity index is 587. The van der Waals surface area contributed by atoms with Gasteiger partial charge in [0, 0.05) is 0 Å². The molecule has 0 saturated heterocycles. The third kappa shape index (κ3) is 4.08. The van der Waals surface area contributed by atoms with Gasteiger partial charge in [0.2, 0.25) is 0 Å². The molecule has 1 unspecified atom stereocenters. The van der Waals surface area contributed by atoms with Gasteiger partial charge in [-0.15, -0.1) is 0 Å². The van der Waals surface area contributed by atoms with E-state index in [2.05, 4.69) is 64.1 Å². The zero-order valence-corrected chi connectivity index (χ0v) is 13.4. The zero-order valence-electron chi connectivity index (χ0n) is 13.4. The third-order valence-electron chi connectivity index (χ3n) is 3.78. The molecule has 2 aromatic rings. The zero-order chi connectivity index (χ0) is 15.4. The molecule has 2 nitrogen and oxygen atoms in total. The van der Waals surface area contributed by atoms with Gasteiger partial charge in [0.1, 0.15) is 12.4 Å². The average Bonchev–Trinajstić information content (AvgIpc) is 2.46. The van der Waals surface area contributed by atoms with E-state index in [1.54, 1.807) is 0 Å². The molecule has 2 N–H and O–H groups in total. The van der Waals surface area contributed by atoms with E-state index in [0.717, 1.165) is 16.9 Å². The lowest BCUT2D eigenvalue weighted by atomic mass is 9.99. The molecule has 0 fully saturated rings. The topological polar surface area (TPSA) is 35.2 Å². The molecule has 2 rings (SSSR count). The predicted molar refractivity (Wildman–Crippen MR) is 88.9 cm³/mol. The van der Waals surface area contributed by atoms with Crippen LogP contribution in [-0.2, 0) is 0 Å². The van der Waals surface area contributed by atoms with E-state index in [4.69, 9.17) is 10.5 Å². The maximum Gasteiger partial charge on any atom is 0.122 e. The summed E-state index contributed by atoms with van der Waals surface area (Å²) >= 11 is 0. The molecular weight excluding hydrogens is 258 g/mol. The highest BCUT2D eigenvalue weighted by atomic mass is 16.5. The molecule has 2 aromatic carbocycles. The van der Waals surface area contributed by atoms with Gasteiger partial charge in [-0.05, 0) is 42.5 Å². The van der Waals surface area contributed by atoms with Gasteiger partial charge in [-0.3, -0.25) is 0 Å². The highest BCUT2D eigenvalue weighted by Gasteiger charge is 2.09. The Labute approximate surface area is 127 Å². The highest BCUT2D eigenvalue weighted by Crippen LogP contribution is 2.21. The first-order chi connectivity index (χ1) is 9.97. The Hall–Kier alpha value is -1.80. The van der Waals surface area contributed by atoms with Crippen LogP contribution in [0.25, 0.3) is 0 Å². The monoisotopic (exact) mass is 283 g/mol. The molecule has 0 amide bonds. The van der Waals surface area contributed by atoms with Gasteiger partial charge in [-0.25, -0.2) is 0 Å². The minimum atomic E-state index is -0.105. The summed E-state index contributed by atoms with van der Waals surface area (Å²) in [5, 5.41) is 0. The lowest BCUT2D eigenvalue weighted by Crippen LogP contribution is -2.19. The molecule has 112 valence electrons. The molecule has 21 heavy (non-hydrogen) atoms. The van der Waals surface area contributed by atoms with E-state index in [9.17, 15) is 0 Å². The second-order valence-corrected chi connectivity index (χ2v) is 6.01. The molecule has 0 saturated carbocycles. The van der Waals surface area contributed by atoms with Crippen LogP contribution < -0.4 is 10.5 Å². The fourth-order valence-electron chi connectivity index (χ4n) is 2.37. The summed E-state index contributed by atoms with van der Waals surface area (Å²) in [7, 11) is 0. The summed E-state index contributed by atoms with van der Waals surface area (Å²) in [6.45, 7) is 9.02. The Morgan fingerprint density at radius 2 is 1.57 bits per heavy atom. The van der Waals surface area contributed by atoms with E-state index in [0.29, 0.717) is 12.5 Å². The Balaban J connectivity index is 1.99. The van der Waals surface area contributed by atoms with E-state index in [1.165, 1.54) is 11.1 Å². The first kappa shape index (κ1) is 15.6. The number of ether oxygens (including phenoxy) is 1. The number of aryl methyl sites for hydroxylation is 2. The minimum absolute atomic E-state index is 0.105. The largest absolute Gasteiger partial charge is 0.491 e. The van der Waals surface area contributed by atoms with Gasteiger partial charge in [-0.2, -0.15) is 0 Å². The number of benzene rings is 2. The van der Waals surface area contributed by atoms with Crippen LogP contribution in [0.3, 0.4) is 0 Å². The second-order valence-electron chi connectivity index (χ2n) is 6.01. The molecule has 0 aromatic heterocycles. The first-order valence-electron chi connectivity index (χ1n) is 7.53. The van der Waals surface area contributed by atoms with Crippen LogP contribution in [0.15, 0.2) is 42.5 Å². The predicted octanol–water partition coefficient (Wildman–Crippen LogP) is 4.51. The summed E-state index contributed by atoms with van der Waals surface area (Å²) in [6.07, 6.45) is 0. The first-order valence-corrected chi connectivity index (χ1v) is 7.53. The maximum absolute atomic E-state index is 6.22. The van der Waals surface area contributed by atoms with Crippen molar-refractivity contribution in [3.63, 3.8) is 0 Å². The molecule has 0 bridgehead atoms. The molecule has 2 heteroatoms. The fraction of sp³-hybridized carbons (Fsp3) is 0.368. The van der Waals surface area contributed by atoms with Gasteiger partial charge in [0.25, 0.3) is 0 Å². The Kier molecular flexibility index (Phi) is 5.03. The van der Waals surface area contributed by atoms with Gasteiger partial charge < -0.3 is 10.5 Å². The lowest BCUT2D eigenvalue weighted by molar-refractivity contribution is 0.289. The van der Waals surface area contributed by atoms with Crippen LogP contribution >= 0.6 is 0 Å². The summed E-state index contributed by atoms with van der Waals surface area (Å²) in [6, 6.07) is 14.6. The van der Waals surface area contributed by atoms with Crippen molar-refractivity contribution < 1.29 is 4.74 Å². The molecule has 1 atom stereocenters. The average molecular weight is 283 g/mol. The summed E-state index contributed by atoms with van der Waals surface area (Å²) in [5.74, 6) is 1.46. The maximum atomic E-state index is 6.22. The van der Waals surface area contributed by atoms with Crippen molar-refractivity contribution in [2.24, 2.45) is 5.73 Å². The van der Waals surface area contributed by atoms with Crippen molar-refractivity contribution in [3.8, 4) is 5.75 Å². The van der Waals surface area contributed by atoms with Gasteiger partial charge >= 0.3 is 0 Å². The second kappa shape index (κ2) is 6.77. The number of hydrogen-bond donors (Lipinski definition) is 1. The normalized spacial score (nSPS) is 12.5. The number of nitrogens with two attached hydrogens (primary N) is 1. The van der Waals surface area contributed by atoms with Crippen molar-refractivity contribution >= 4 is 0 Å². The van der Waals surface area contributed by atoms with Crippen LogP contribution in [0.1, 0.15) is 48.1 Å². The third-order valence-corrected chi connectivity index (χ3v) is 3.78. The van der Waals surface area contributed by atoms with Crippen LogP contribution in [0.4, 0.5) is 0 Å². The quantitative estimate of drug-likeness (QED) is 0.876. The Morgan fingerprint density at radius 1 is 0.952 bits per heavy atom. The lowest BCUT2D eigenvalue weighted by Gasteiger charge is -2.16. The minimum Gasteiger partial charge on any atom is -0.491 e. The van der Waals surface area contributed by atoms with Crippen molar-refractivity contribution in [1.29, 1.82) is 0 Å². The highest BCUT2D eigenvalue weighted by molar-refractivity contribution is 5.36. The van der Waals surface area contributed by atoms with Crippen LogP contribution in [0.2, 0.25) is 0 Å². The van der Waals surface area contributed by atoms with E-state index >= 15 is 0 Å². The van der Waals surface area contributed by atoms with Crippen molar-refractivity contribution in [2.45, 2.75) is 39.7 Å². The molecule has 0 aliphatic heterocycles. The van der Waals surface area contributed by atoms with E-state index in [1.807, 2.05) is 6.07 Å². The van der Waals surface area contributed by atoms with Crippen LogP contribution in [-0.4, -0.2) is 6.61 Å². The SMILES string of the molecule is Cc1ccc(OCC(N)c2ccc(C(C)C)cc2)c(C)c1.